The van der Waals surface area contributed by atoms with Crippen LogP contribution in [0.15, 0.2) is 0 Å². The smallest absolute Gasteiger partial charge is 0.0894 e. The normalized spacial score (nSPS) is 11.1. The number of rotatable bonds is 18. The van der Waals surface area contributed by atoms with E-state index in [1.165, 1.54) is 77.0 Å². The highest BCUT2D eigenvalue weighted by molar-refractivity contribution is 4.49. The van der Waals surface area contributed by atoms with Crippen LogP contribution >= 0.6 is 0 Å². The minimum absolute atomic E-state index is 0.136. The molecule has 0 aliphatic carbocycles. The molecule has 0 bridgehead atoms. The van der Waals surface area contributed by atoms with Gasteiger partial charge in [-0.05, 0) is 19.3 Å². The Hall–Kier alpha value is -0.110. The van der Waals surface area contributed by atoms with Crippen molar-refractivity contribution in [2.24, 2.45) is 0 Å². The van der Waals surface area contributed by atoms with E-state index in [2.05, 4.69) is 6.92 Å². The third-order valence-corrected chi connectivity index (χ3v) is 3.96. The molecule has 0 amide bonds. The molecule has 0 aromatic carbocycles. The number of hydrogen-bond acceptors (Lipinski definition) is 1. The van der Waals surface area contributed by atoms with Crippen LogP contribution in [0.5, 0.6) is 0 Å². The summed E-state index contributed by atoms with van der Waals surface area (Å²) in [5, 5.41) is 0. The summed E-state index contributed by atoms with van der Waals surface area (Å²) in [5.41, 5.74) is 0. The highest BCUT2D eigenvalue weighted by Crippen LogP contribution is 2.13. The Morgan fingerprint density at radius 1 is 0.524 bits per heavy atom. The fraction of sp³-hybridized carbons (Fsp3) is 0.947. The molecule has 0 atom stereocenters. The quantitative estimate of drug-likeness (QED) is 0.257. The van der Waals surface area contributed by atoms with Crippen LogP contribution in [0.25, 0.3) is 0 Å². The topological polar surface area (TPSA) is 9.23 Å². The first kappa shape index (κ1) is 20.9. The minimum Gasteiger partial charge on any atom is -0.381 e. The van der Waals surface area contributed by atoms with Crippen LogP contribution in [0.1, 0.15) is 96.3 Å². The van der Waals surface area contributed by atoms with Crippen molar-refractivity contribution < 1.29 is 9.13 Å². The van der Waals surface area contributed by atoms with Gasteiger partial charge in [0, 0.05) is 13.2 Å². The summed E-state index contributed by atoms with van der Waals surface area (Å²) in [7, 11) is 0. The van der Waals surface area contributed by atoms with Crippen LogP contribution in [0.4, 0.5) is 4.39 Å². The van der Waals surface area contributed by atoms with Crippen molar-refractivity contribution in [3.8, 4) is 0 Å². The fourth-order valence-corrected chi connectivity index (χ4v) is 2.62. The molecule has 1 nitrogen and oxygen atoms in total. The summed E-state index contributed by atoms with van der Waals surface area (Å²) in [6, 6.07) is 0. The molecule has 0 aliphatic rings. The van der Waals surface area contributed by atoms with Gasteiger partial charge >= 0.3 is 0 Å². The highest BCUT2D eigenvalue weighted by atomic mass is 19.1. The molecule has 0 N–H and O–H groups in total. The van der Waals surface area contributed by atoms with Crippen LogP contribution < -0.4 is 0 Å². The summed E-state index contributed by atoms with van der Waals surface area (Å²) in [6.45, 7) is 5.36. The van der Waals surface area contributed by atoms with Crippen molar-refractivity contribution in [3.63, 3.8) is 0 Å². The van der Waals surface area contributed by atoms with Gasteiger partial charge in [0.05, 0.1) is 6.67 Å². The van der Waals surface area contributed by atoms with E-state index in [4.69, 9.17) is 4.74 Å². The molecule has 0 fully saturated rings. The van der Waals surface area contributed by atoms with E-state index >= 15 is 0 Å². The van der Waals surface area contributed by atoms with E-state index in [0.717, 1.165) is 32.5 Å². The summed E-state index contributed by atoms with van der Waals surface area (Å²) >= 11 is 0. The molecule has 21 heavy (non-hydrogen) atoms. The van der Waals surface area contributed by atoms with Gasteiger partial charge in [-0.25, -0.2) is 0 Å². The molecule has 0 rings (SSSR count). The lowest BCUT2D eigenvalue weighted by atomic mass is 10.0. The van der Waals surface area contributed by atoms with E-state index in [-0.39, 0.29) is 6.67 Å². The number of halogens is 1. The number of unbranched alkanes of at least 4 members (excludes halogenated alkanes) is 13. The number of alkyl halides is 1. The van der Waals surface area contributed by atoms with Gasteiger partial charge in [0.15, 0.2) is 0 Å². The first-order valence-corrected chi connectivity index (χ1v) is 9.34. The molecular formula is C19H38FO. The standard InChI is InChI=1S/C19H38FO/c1-2-18-21-19-16-14-12-10-8-6-4-3-5-7-9-11-13-15-17-20/h1-19H2. The monoisotopic (exact) mass is 301 g/mol. The Morgan fingerprint density at radius 3 is 1.29 bits per heavy atom. The van der Waals surface area contributed by atoms with Gasteiger partial charge in [0.1, 0.15) is 0 Å². The van der Waals surface area contributed by atoms with E-state index in [1.807, 2.05) is 0 Å². The van der Waals surface area contributed by atoms with Crippen LogP contribution in [-0.2, 0) is 4.74 Å². The van der Waals surface area contributed by atoms with E-state index in [9.17, 15) is 4.39 Å². The Bertz CT molecular complexity index is 155. The predicted molar refractivity (Wildman–Crippen MR) is 91.4 cm³/mol. The van der Waals surface area contributed by atoms with Crippen molar-refractivity contribution in [2.45, 2.75) is 96.3 Å². The Kier molecular flexibility index (Phi) is 19.8. The molecule has 0 aromatic rings. The maximum Gasteiger partial charge on any atom is 0.0894 e. The van der Waals surface area contributed by atoms with E-state index in [1.54, 1.807) is 0 Å². The van der Waals surface area contributed by atoms with Crippen LogP contribution in [-0.4, -0.2) is 19.9 Å². The van der Waals surface area contributed by atoms with Gasteiger partial charge in [0.25, 0.3) is 0 Å². The van der Waals surface area contributed by atoms with Crippen LogP contribution in [0.3, 0.4) is 0 Å². The van der Waals surface area contributed by atoms with Crippen molar-refractivity contribution >= 4 is 0 Å². The fourth-order valence-electron chi connectivity index (χ4n) is 2.62. The second-order valence-corrected chi connectivity index (χ2v) is 6.10. The van der Waals surface area contributed by atoms with Gasteiger partial charge in [-0.1, -0.05) is 84.0 Å². The lowest BCUT2D eigenvalue weighted by molar-refractivity contribution is 0.134. The first-order valence-electron chi connectivity index (χ1n) is 9.34. The lowest BCUT2D eigenvalue weighted by Crippen LogP contribution is -1.95. The number of ether oxygens (including phenoxy) is 1. The van der Waals surface area contributed by atoms with Crippen molar-refractivity contribution in [1.29, 1.82) is 0 Å². The van der Waals surface area contributed by atoms with Gasteiger partial charge in [-0.2, -0.15) is 0 Å². The maximum atomic E-state index is 11.9. The zero-order valence-electron chi connectivity index (χ0n) is 14.2. The molecule has 2 heteroatoms. The zero-order valence-corrected chi connectivity index (χ0v) is 14.2. The molecule has 127 valence electrons. The first-order chi connectivity index (χ1) is 10.4. The van der Waals surface area contributed by atoms with Crippen molar-refractivity contribution in [3.05, 3.63) is 6.92 Å². The largest absolute Gasteiger partial charge is 0.381 e. The Morgan fingerprint density at radius 2 is 0.905 bits per heavy atom. The van der Waals surface area contributed by atoms with Crippen molar-refractivity contribution in [1.82, 2.24) is 0 Å². The highest BCUT2D eigenvalue weighted by Gasteiger charge is 1.94. The molecule has 1 radical (unpaired) electrons. The molecule has 0 saturated carbocycles. The van der Waals surface area contributed by atoms with Crippen molar-refractivity contribution in [2.75, 3.05) is 19.9 Å². The number of hydrogen-bond donors (Lipinski definition) is 0. The van der Waals surface area contributed by atoms with Crippen LogP contribution in [0.2, 0.25) is 0 Å². The molecule has 0 saturated heterocycles. The van der Waals surface area contributed by atoms with E-state index < -0.39 is 0 Å². The predicted octanol–water partition coefficient (Wildman–Crippen LogP) is 6.66. The third kappa shape index (κ3) is 19.9. The van der Waals surface area contributed by atoms with Gasteiger partial charge in [0.2, 0.25) is 0 Å². The summed E-state index contributed by atoms with van der Waals surface area (Å²) in [4.78, 5) is 0. The Labute approximate surface area is 133 Å². The lowest BCUT2D eigenvalue weighted by Gasteiger charge is -2.04. The summed E-state index contributed by atoms with van der Waals surface area (Å²) in [6.07, 6.45) is 18.8. The summed E-state index contributed by atoms with van der Waals surface area (Å²) < 4.78 is 17.3. The average molecular weight is 302 g/mol. The maximum absolute atomic E-state index is 11.9. The molecular weight excluding hydrogens is 263 g/mol. The van der Waals surface area contributed by atoms with Gasteiger partial charge < -0.3 is 4.74 Å². The SMILES string of the molecule is [CH2]CCOCCCCCCCCCCCCCCCCF. The third-order valence-electron chi connectivity index (χ3n) is 3.96. The molecule has 0 aliphatic heterocycles. The van der Waals surface area contributed by atoms with Crippen LogP contribution in [0, 0.1) is 6.92 Å². The second-order valence-electron chi connectivity index (χ2n) is 6.10. The minimum atomic E-state index is -0.136. The Balaban J connectivity index is 2.90. The molecule has 0 heterocycles. The summed E-state index contributed by atoms with van der Waals surface area (Å²) in [5.74, 6) is 0. The zero-order chi connectivity index (χ0) is 15.4. The van der Waals surface area contributed by atoms with Gasteiger partial charge in [-0.3, -0.25) is 4.39 Å². The average Bonchev–Trinajstić information content (AvgIpc) is 2.50. The molecule has 0 aromatic heterocycles. The molecule has 0 spiro atoms. The van der Waals surface area contributed by atoms with E-state index in [0.29, 0.717) is 0 Å². The second kappa shape index (κ2) is 19.9. The van der Waals surface area contributed by atoms with Gasteiger partial charge in [-0.15, -0.1) is 0 Å². The molecule has 0 unspecified atom stereocenters.